The van der Waals surface area contributed by atoms with Crippen molar-refractivity contribution in [3.8, 4) is 0 Å². The first-order valence-electron chi connectivity index (χ1n) is 11.8. The van der Waals surface area contributed by atoms with E-state index in [9.17, 15) is 26.8 Å². The third kappa shape index (κ3) is 6.87. The van der Waals surface area contributed by atoms with E-state index in [0.717, 1.165) is 21.3 Å². The van der Waals surface area contributed by atoms with E-state index in [2.05, 4.69) is 5.32 Å². The fourth-order valence-electron chi connectivity index (χ4n) is 3.69. The molecule has 3 aromatic carbocycles. The van der Waals surface area contributed by atoms with Crippen LogP contribution in [0.5, 0.6) is 0 Å². The van der Waals surface area contributed by atoms with Gasteiger partial charge in [-0.2, -0.15) is 0 Å². The Balaban J connectivity index is 2.06. The third-order valence-corrected chi connectivity index (χ3v) is 7.78. The third-order valence-electron chi connectivity index (χ3n) is 5.70. The van der Waals surface area contributed by atoms with Crippen LogP contribution in [0.25, 0.3) is 0 Å². The SMILES string of the molecule is CC(C)NC(=O)C(C)N(Cc1ccccc1F)C(=O)CN(c1ccc(F)c(Cl)c1)S(=O)(=O)c1ccccc1. The summed E-state index contributed by atoms with van der Waals surface area (Å²) < 4.78 is 56.5. The van der Waals surface area contributed by atoms with Crippen LogP contribution in [0, 0.1) is 11.6 Å². The van der Waals surface area contributed by atoms with Gasteiger partial charge in [-0.15, -0.1) is 0 Å². The summed E-state index contributed by atoms with van der Waals surface area (Å²) in [5.74, 6) is -2.62. The Bertz CT molecular complexity index is 1400. The first kappa shape index (κ1) is 29.1. The Morgan fingerprint density at radius 2 is 1.55 bits per heavy atom. The minimum Gasteiger partial charge on any atom is -0.352 e. The molecule has 0 spiro atoms. The summed E-state index contributed by atoms with van der Waals surface area (Å²) in [4.78, 5) is 27.5. The number of carbonyl (C=O) groups excluding carboxylic acids is 2. The summed E-state index contributed by atoms with van der Waals surface area (Å²) in [6, 6.07) is 15.1. The molecule has 1 unspecified atom stereocenters. The van der Waals surface area contributed by atoms with Crippen molar-refractivity contribution < 1.29 is 26.8 Å². The molecular weight excluding hydrogens is 536 g/mol. The smallest absolute Gasteiger partial charge is 0.264 e. The number of carbonyl (C=O) groups is 2. The molecule has 0 saturated heterocycles. The van der Waals surface area contributed by atoms with Crippen molar-refractivity contribution in [1.82, 2.24) is 10.2 Å². The van der Waals surface area contributed by atoms with E-state index >= 15 is 0 Å². The van der Waals surface area contributed by atoms with E-state index in [-0.39, 0.29) is 33.8 Å². The van der Waals surface area contributed by atoms with Crippen LogP contribution in [0.3, 0.4) is 0 Å². The zero-order valence-corrected chi connectivity index (χ0v) is 22.6. The second-order valence-electron chi connectivity index (χ2n) is 8.88. The first-order chi connectivity index (χ1) is 17.9. The molecule has 0 saturated carbocycles. The van der Waals surface area contributed by atoms with Crippen LogP contribution < -0.4 is 9.62 Å². The minimum absolute atomic E-state index is 0.0567. The number of nitrogens with one attached hydrogen (secondary N) is 1. The molecule has 0 aliphatic rings. The number of amides is 2. The normalized spacial score (nSPS) is 12.2. The molecule has 0 aromatic heterocycles. The van der Waals surface area contributed by atoms with Gasteiger partial charge in [-0.25, -0.2) is 17.2 Å². The summed E-state index contributed by atoms with van der Waals surface area (Å²) in [5, 5.41) is 2.38. The van der Waals surface area contributed by atoms with Crippen LogP contribution in [0.15, 0.2) is 77.7 Å². The highest BCUT2D eigenvalue weighted by molar-refractivity contribution is 7.92. The lowest BCUT2D eigenvalue weighted by Crippen LogP contribution is -2.52. The maximum atomic E-state index is 14.5. The zero-order valence-electron chi connectivity index (χ0n) is 21.1. The van der Waals surface area contributed by atoms with Crippen molar-refractivity contribution in [1.29, 1.82) is 0 Å². The molecule has 0 aliphatic carbocycles. The monoisotopic (exact) mass is 563 g/mol. The number of hydrogen-bond acceptors (Lipinski definition) is 4. The van der Waals surface area contributed by atoms with Crippen molar-refractivity contribution in [2.45, 2.75) is 44.3 Å². The number of anilines is 1. The second-order valence-corrected chi connectivity index (χ2v) is 11.1. The summed E-state index contributed by atoms with van der Waals surface area (Å²) in [6.45, 7) is 3.93. The van der Waals surface area contributed by atoms with Gasteiger partial charge in [-0.3, -0.25) is 13.9 Å². The topological polar surface area (TPSA) is 86.8 Å². The Kier molecular flexibility index (Phi) is 9.45. The van der Waals surface area contributed by atoms with E-state index in [0.29, 0.717) is 0 Å². The van der Waals surface area contributed by atoms with Gasteiger partial charge in [0, 0.05) is 18.2 Å². The Labute approximate surface area is 226 Å². The van der Waals surface area contributed by atoms with Crippen molar-refractivity contribution in [3.63, 3.8) is 0 Å². The predicted molar refractivity (Wildman–Crippen MR) is 142 cm³/mol. The molecule has 202 valence electrons. The van der Waals surface area contributed by atoms with Crippen molar-refractivity contribution in [2.75, 3.05) is 10.8 Å². The van der Waals surface area contributed by atoms with E-state index in [1.54, 1.807) is 26.0 Å². The lowest BCUT2D eigenvalue weighted by molar-refractivity contribution is -0.139. The van der Waals surface area contributed by atoms with Gasteiger partial charge in [-0.05, 0) is 57.2 Å². The molecule has 0 fully saturated rings. The van der Waals surface area contributed by atoms with Crippen molar-refractivity contribution >= 4 is 39.1 Å². The average molecular weight is 564 g/mol. The molecule has 0 heterocycles. The molecule has 38 heavy (non-hydrogen) atoms. The fraction of sp³-hybridized carbons (Fsp3) is 0.259. The molecule has 0 aliphatic heterocycles. The van der Waals surface area contributed by atoms with Crippen LogP contribution >= 0.6 is 11.6 Å². The minimum atomic E-state index is -4.33. The van der Waals surface area contributed by atoms with Crippen LogP contribution in [0.1, 0.15) is 26.3 Å². The Hall–Kier alpha value is -3.50. The largest absolute Gasteiger partial charge is 0.352 e. The maximum absolute atomic E-state index is 14.5. The Morgan fingerprint density at radius 3 is 2.16 bits per heavy atom. The van der Waals surface area contributed by atoms with Crippen LogP contribution in [0.4, 0.5) is 14.5 Å². The molecule has 1 atom stereocenters. The molecule has 11 heteroatoms. The molecule has 3 rings (SSSR count). The quantitative estimate of drug-likeness (QED) is 0.385. The van der Waals surface area contributed by atoms with Gasteiger partial charge in [0.1, 0.15) is 24.2 Å². The van der Waals surface area contributed by atoms with Crippen molar-refractivity contribution in [2.24, 2.45) is 0 Å². The van der Waals surface area contributed by atoms with Crippen LogP contribution in [-0.4, -0.2) is 43.8 Å². The lowest BCUT2D eigenvalue weighted by atomic mass is 10.1. The van der Waals surface area contributed by atoms with Gasteiger partial charge < -0.3 is 10.2 Å². The molecule has 7 nitrogen and oxygen atoms in total. The zero-order chi connectivity index (χ0) is 28.0. The summed E-state index contributed by atoms with van der Waals surface area (Å²) in [6.07, 6.45) is 0. The average Bonchev–Trinajstić information content (AvgIpc) is 2.88. The molecule has 1 N–H and O–H groups in total. The van der Waals surface area contributed by atoms with Crippen LogP contribution in [0.2, 0.25) is 5.02 Å². The second kappa shape index (κ2) is 12.4. The van der Waals surface area contributed by atoms with E-state index in [1.807, 2.05) is 0 Å². The Morgan fingerprint density at radius 1 is 0.921 bits per heavy atom. The summed E-state index contributed by atoms with van der Waals surface area (Å²) in [7, 11) is -4.33. The molecule has 2 amide bonds. The number of rotatable bonds is 10. The van der Waals surface area contributed by atoms with Gasteiger partial charge in [0.05, 0.1) is 15.6 Å². The molecular formula is C27H28ClF2N3O4S. The van der Waals surface area contributed by atoms with E-state index in [4.69, 9.17) is 11.6 Å². The molecule has 3 aromatic rings. The lowest BCUT2D eigenvalue weighted by Gasteiger charge is -2.32. The van der Waals surface area contributed by atoms with Gasteiger partial charge >= 0.3 is 0 Å². The highest BCUT2D eigenvalue weighted by Crippen LogP contribution is 2.28. The van der Waals surface area contributed by atoms with Gasteiger partial charge in [0.25, 0.3) is 10.0 Å². The standard InChI is InChI=1S/C27H28ClF2N3O4S/c1-18(2)31-27(35)19(3)32(16-20-9-7-8-12-24(20)29)26(34)17-33(21-13-14-25(30)23(28)15-21)38(36,37)22-10-5-4-6-11-22/h4-15,18-19H,16-17H2,1-3H3,(H,31,35). The highest BCUT2D eigenvalue weighted by Gasteiger charge is 2.33. The molecule has 0 bridgehead atoms. The van der Waals surface area contributed by atoms with E-state index in [1.165, 1.54) is 55.5 Å². The number of halogens is 3. The highest BCUT2D eigenvalue weighted by atomic mass is 35.5. The predicted octanol–water partition coefficient (Wildman–Crippen LogP) is 4.76. The maximum Gasteiger partial charge on any atom is 0.264 e. The van der Waals surface area contributed by atoms with Gasteiger partial charge in [-0.1, -0.05) is 48.0 Å². The number of benzene rings is 3. The number of nitrogens with zero attached hydrogens (tertiary/aromatic N) is 2. The number of hydrogen-bond donors (Lipinski definition) is 1. The van der Waals surface area contributed by atoms with E-state index < -0.39 is 46.1 Å². The summed E-state index contributed by atoms with van der Waals surface area (Å²) in [5.41, 5.74) is 0.0890. The first-order valence-corrected chi connectivity index (χ1v) is 13.6. The van der Waals surface area contributed by atoms with Gasteiger partial charge in [0.2, 0.25) is 11.8 Å². The van der Waals surface area contributed by atoms with Gasteiger partial charge in [0.15, 0.2) is 0 Å². The summed E-state index contributed by atoms with van der Waals surface area (Å²) >= 11 is 5.93. The molecule has 0 radical (unpaired) electrons. The van der Waals surface area contributed by atoms with Crippen LogP contribution in [-0.2, 0) is 26.2 Å². The number of sulfonamides is 1. The van der Waals surface area contributed by atoms with Crippen molar-refractivity contribution in [3.05, 3.63) is 95.0 Å². The fourth-order valence-corrected chi connectivity index (χ4v) is 5.29.